The van der Waals surface area contributed by atoms with Crippen LogP contribution >= 0.6 is 24.8 Å². The van der Waals surface area contributed by atoms with Crippen LogP contribution in [0, 0.1) is 26.2 Å². The maximum Gasteiger partial charge on any atom is 3.00 e. The van der Waals surface area contributed by atoms with Crippen LogP contribution in [0.2, 0.25) is 0 Å². The fourth-order valence-electron chi connectivity index (χ4n) is 0. The van der Waals surface area contributed by atoms with Crippen molar-refractivity contribution in [3.8, 4) is 5.40 Å². The van der Waals surface area contributed by atoms with Crippen molar-refractivity contribution in [2.45, 2.75) is 0 Å². The Hall–Kier alpha value is -0.614. The van der Waals surface area contributed by atoms with Crippen LogP contribution in [0.25, 0.3) is 24.6 Å². The topological polar surface area (TPSA) is 234 Å². The first-order valence-electron chi connectivity index (χ1n) is 1.27. The number of hydrogen-bond acceptors (Lipinski definition) is 7. The van der Waals surface area contributed by atoms with E-state index in [9.17, 15) is 0 Å². The van der Waals surface area contributed by atoms with Gasteiger partial charge in [0.1, 0.15) is 5.40 Å². The van der Waals surface area contributed by atoms with Crippen LogP contribution in [-0.4, -0.2) is 5.16 Å². The molecule has 0 saturated carbocycles. The van der Waals surface area contributed by atoms with Gasteiger partial charge in [0.2, 0.25) is 0 Å². The molecule has 0 fully saturated rings. The van der Waals surface area contributed by atoms with E-state index in [0.29, 0.717) is 0 Å². The number of thiol groups is 1. The van der Waals surface area contributed by atoms with E-state index in [1.807, 2.05) is 0 Å². The zero-order valence-electron chi connectivity index (χ0n) is 6.71. The van der Waals surface area contributed by atoms with Crippen molar-refractivity contribution in [2.75, 3.05) is 0 Å². The summed E-state index contributed by atoms with van der Waals surface area (Å²) >= 11 is 6.90. The summed E-state index contributed by atoms with van der Waals surface area (Å²) in [4.78, 5) is 8.00. The van der Waals surface area contributed by atoms with E-state index in [0.717, 1.165) is 5.34 Å². The van der Waals surface area contributed by atoms with Gasteiger partial charge in [-0.3, -0.25) is 0 Å². The van der Waals surface area contributed by atoms with Crippen LogP contribution in [0.3, 0.4) is 0 Å². The molecule has 0 aromatic heterocycles. The molecule has 0 aliphatic carbocycles. The van der Waals surface area contributed by atoms with Gasteiger partial charge in [-0.2, -0.15) is 5.26 Å². The summed E-state index contributed by atoms with van der Waals surface area (Å²) < 4.78 is 0. The average molecular weight is 287 g/mol. The number of isothiocyanates is 1. The summed E-state index contributed by atoms with van der Waals surface area (Å²) in [5, 5.41) is 25.0. The summed E-state index contributed by atoms with van der Waals surface area (Å²) in [7, 11) is 0. The van der Waals surface area contributed by atoms with E-state index >= 15 is 0 Å². The number of nitrogens with two attached hydrogens (primary N) is 4. The van der Waals surface area contributed by atoms with Crippen LogP contribution in [0.1, 0.15) is 0 Å². The van der Waals surface area contributed by atoms with Gasteiger partial charge < -0.3 is 34.7 Å². The van der Waals surface area contributed by atoms with Crippen molar-refractivity contribution in [3.05, 3.63) is 34.7 Å². The summed E-state index contributed by atoms with van der Waals surface area (Å²) in [6.45, 7) is 0. The zero-order valence-corrected chi connectivity index (χ0v) is 9.46. The van der Waals surface area contributed by atoms with Gasteiger partial charge in [0.15, 0.2) is 0 Å². The summed E-state index contributed by atoms with van der Waals surface area (Å²) in [5.41, 5.74) is 0. The second-order valence-electron chi connectivity index (χ2n) is 0.277. The zero-order chi connectivity index (χ0) is 8.12. The van der Waals surface area contributed by atoms with E-state index in [1.165, 1.54) is 5.40 Å². The Kier molecular flexibility index (Phi) is 1430. The van der Waals surface area contributed by atoms with Gasteiger partial charge in [-0.15, -0.1) is 5.34 Å². The monoisotopic (exact) mass is 287 g/mol. The number of rotatable bonds is 0. The summed E-state index contributed by atoms with van der Waals surface area (Å²) in [6, 6.07) is 0. The molecule has 14 heavy (non-hydrogen) atoms. The Morgan fingerprint density at radius 1 is 1.36 bits per heavy atom. The summed E-state index contributed by atoms with van der Waals surface area (Å²) in [5.74, 6) is 0. The molecule has 0 aromatic carbocycles. The molecule has 0 bridgehead atoms. The van der Waals surface area contributed by atoms with Gasteiger partial charge in [-0.25, -0.2) is 5.41 Å². The minimum Gasteiger partial charge on any atom is -0.693 e. The van der Waals surface area contributed by atoms with Gasteiger partial charge in [0.05, 0.1) is 5.16 Å². The molecule has 0 unspecified atom stereocenters. The van der Waals surface area contributed by atoms with Crippen LogP contribution < -0.4 is 0 Å². The predicted octanol–water partition coefficient (Wildman–Crippen LogP) is 4.18. The average Bonchev–Trinajstić information content (AvgIpc) is 1.70. The fourth-order valence-corrected chi connectivity index (χ4v) is 0. The smallest absolute Gasteiger partial charge is 0.693 e. The van der Waals surface area contributed by atoms with Gasteiger partial charge in [0, 0.05) is 0 Å². The molecule has 0 radical (unpaired) electrons. The number of nitriles is 1. The van der Waals surface area contributed by atoms with E-state index < -0.39 is 0 Å². The minimum atomic E-state index is 0. The molecule has 0 aliphatic rings. The first-order chi connectivity index (χ1) is 4.24. The molecular formula is C2H10CoN7O2S2-2. The van der Waals surface area contributed by atoms with E-state index in [1.54, 1.807) is 5.16 Å². The molecule has 0 amide bonds. The Bertz CT molecular complexity index is 123. The first-order valence-corrected chi connectivity index (χ1v) is 2.12. The van der Waals surface area contributed by atoms with Gasteiger partial charge >= 0.3 is 16.8 Å². The standard InChI is InChI=1S/2CHNS.Co.HNO2.4H2N/c2*2-1-3;;2-1-3;;;;/h3H;2H;;(H,2,3);4*1H2/q;;+3;;4*-1/p-1. The molecule has 0 spiro atoms. The summed E-state index contributed by atoms with van der Waals surface area (Å²) in [6.07, 6.45) is 0. The third-order valence-corrected chi connectivity index (χ3v) is 0. The molecule has 0 aliphatic heterocycles. The molecule has 9 nitrogen and oxygen atoms in total. The van der Waals surface area contributed by atoms with Gasteiger partial charge in [-0.1, -0.05) is 12.6 Å². The van der Waals surface area contributed by atoms with Crippen LogP contribution in [-0.2, 0) is 16.8 Å². The normalized spacial score (nSPS) is 2.00. The Labute approximate surface area is 103 Å². The molecule has 0 aromatic rings. The van der Waals surface area contributed by atoms with Crippen LogP contribution in [0.5, 0.6) is 0 Å². The second kappa shape index (κ2) is 282. The van der Waals surface area contributed by atoms with Crippen molar-refractivity contribution in [1.82, 2.24) is 0 Å². The second-order valence-corrected chi connectivity index (χ2v) is 0.681. The van der Waals surface area contributed by atoms with E-state index in [4.69, 9.17) is 20.8 Å². The van der Waals surface area contributed by atoms with Gasteiger partial charge in [0.25, 0.3) is 0 Å². The maximum absolute atomic E-state index is 8.00. The van der Waals surface area contributed by atoms with E-state index in [-0.39, 0.29) is 41.4 Å². The number of thiocyanates is 1. The SMILES string of the molecule is N#CS.N=C=S.O=N[O-].[Co+3].[NH2-].[NH2-].[NH2-].[NH2-]. The number of nitrogens with one attached hydrogen (secondary N) is 1. The molecule has 0 heterocycles. The third-order valence-electron chi connectivity index (χ3n) is 0. The predicted molar refractivity (Wildman–Crippen MR) is 60.2 cm³/mol. The quantitative estimate of drug-likeness (QED) is 0.166. The Morgan fingerprint density at radius 2 is 1.36 bits per heavy atom. The molecule has 0 atom stereocenters. The van der Waals surface area contributed by atoms with Crippen molar-refractivity contribution >= 4 is 30.0 Å². The molecule has 0 rings (SSSR count). The molecule has 9 N–H and O–H groups in total. The number of hydrogen-bond donors (Lipinski definition) is 2. The number of thiocarbonyl (C=S) groups is 1. The van der Waals surface area contributed by atoms with E-state index in [2.05, 4.69) is 24.8 Å². The molecule has 0 saturated heterocycles. The van der Waals surface area contributed by atoms with Crippen LogP contribution in [0.4, 0.5) is 0 Å². The molecule has 88 valence electrons. The van der Waals surface area contributed by atoms with Gasteiger partial charge in [-0.05, 0) is 12.2 Å². The van der Waals surface area contributed by atoms with Crippen molar-refractivity contribution < 1.29 is 16.8 Å². The minimum absolute atomic E-state index is 0. The molecule has 12 heteroatoms. The van der Waals surface area contributed by atoms with Crippen molar-refractivity contribution in [3.63, 3.8) is 0 Å². The largest absolute Gasteiger partial charge is 3.00 e. The van der Waals surface area contributed by atoms with Crippen molar-refractivity contribution in [1.29, 1.82) is 10.7 Å². The fraction of sp³-hybridized carbons (Fsp3) is 0. The van der Waals surface area contributed by atoms with Crippen LogP contribution in [0.15, 0.2) is 5.34 Å². The maximum atomic E-state index is 8.00. The first kappa shape index (κ1) is 70.8. The number of nitrogens with zero attached hydrogens (tertiary/aromatic N) is 2. The third kappa shape index (κ3) is 3260. The Morgan fingerprint density at radius 3 is 1.36 bits per heavy atom. The van der Waals surface area contributed by atoms with Crippen molar-refractivity contribution in [2.24, 2.45) is 5.34 Å². The molecular weight excluding hydrogens is 277 g/mol. The Balaban J connectivity index is -0.00000000545.